The molecule has 17 heavy (non-hydrogen) atoms. The molecule has 4 heteroatoms. The van der Waals surface area contributed by atoms with Gasteiger partial charge in [-0.2, -0.15) is 0 Å². The van der Waals surface area contributed by atoms with Crippen LogP contribution in [0, 0.1) is 0 Å². The summed E-state index contributed by atoms with van der Waals surface area (Å²) in [6, 6.07) is 12.2. The van der Waals surface area contributed by atoms with Gasteiger partial charge < -0.3 is 9.97 Å². The number of H-pyrrole nitrogens is 2. The summed E-state index contributed by atoms with van der Waals surface area (Å²) >= 11 is 7.64. The lowest BCUT2D eigenvalue weighted by Gasteiger charge is -2.12. The Balaban J connectivity index is 2.09. The first-order valence-electron chi connectivity index (χ1n) is 5.36. The van der Waals surface area contributed by atoms with Gasteiger partial charge in [-0.3, -0.25) is 0 Å². The van der Waals surface area contributed by atoms with Crippen LogP contribution in [0.3, 0.4) is 0 Å². The van der Waals surface area contributed by atoms with Gasteiger partial charge in [0.25, 0.3) is 0 Å². The van der Waals surface area contributed by atoms with Crippen molar-refractivity contribution >= 4 is 22.9 Å². The highest BCUT2D eigenvalue weighted by atomic mass is 35.5. The molecule has 0 atom stereocenters. The lowest BCUT2D eigenvalue weighted by molar-refractivity contribution is 0.917. The third-order valence-corrected chi connectivity index (χ3v) is 4.04. The number of rotatable bonds is 3. The van der Waals surface area contributed by atoms with Crippen molar-refractivity contribution in [2.45, 2.75) is 5.92 Å². The Morgan fingerprint density at radius 1 is 0.941 bits per heavy atom. The predicted octanol–water partition coefficient (Wildman–Crippen LogP) is 4.24. The number of nitrogens with one attached hydrogen (secondary N) is 2. The highest BCUT2D eigenvalue weighted by Gasteiger charge is 2.19. The molecule has 86 valence electrons. The van der Waals surface area contributed by atoms with Crippen LogP contribution in [0.5, 0.6) is 0 Å². The number of hydrogen-bond donors (Lipinski definition) is 2. The highest BCUT2D eigenvalue weighted by Crippen LogP contribution is 2.35. The molecule has 0 aliphatic heterocycles. The number of aromatic amines is 2. The van der Waals surface area contributed by atoms with Crippen molar-refractivity contribution in [1.82, 2.24) is 9.97 Å². The summed E-state index contributed by atoms with van der Waals surface area (Å²) in [4.78, 5) is 7.79. The molecule has 0 fully saturated rings. The van der Waals surface area contributed by atoms with E-state index in [1.54, 1.807) is 11.3 Å². The van der Waals surface area contributed by atoms with E-state index in [1.807, 2.05) is 30.6 Å². The fraction of sp³-hybridized carbons (Fsp3) is 0.0769. The van der Waals surface area contributed by atoms with Crippen LogP contribution in [-0.2, 0) is 0 Å². The van der Waals surface area contributed by atoms with Crippen molar-refractivity contribution in [3.63, 3.8) is 0 Å². The van der Waals surface area contributed by atoms with E-state index in [0.29, 0.717) is 0 Å². The molecule has 0 unspecified atom stereocenters. The highest BCUT2D eigenvalue weighted by molar-refractivity contribution is 7.16. The molecule has 0 saturated carbocycles. The van der Waals surface area contributed by atoms with Crippen LogP contribution >= 0.6 is 22.9 Å². The van der Waals surface area contributed by atoms with Crippen molar-refractivity contribution in [2.24, 2.45) is 0 Å². The summed E-state index contributed by atoms with van der Waals surface area (Å²) in [6.45, 7) is 0. The average molecular weight is 263 g/mol. The third kappa shape index (κ3) is 2.04. The number of thiophene rings is 1. The van der Waals surface area contributed by atoms with Crippen LogP contribution in [0.4, 0.5) is 0 Å². The zero-order chi connectivity index (χ0) is 11.7. The van der Waals surface area contributed by atoms with Gasteiger partial charge >= 0.3 is 0 Å². The van der Waals surface area contributed by atoms with E-state index in [0.717, 1.165) is 4.34 Å². The predicted molar refractivity (Wildman–Crippen MR) is 71.9 cm³/mol. The second-order valence-electron chi connectivity index (χ2n) is 3.83. The third-order valence-electron chi connectivity index (χ3n) is 2.74. The molecule has 0 aromatic carbocycles. The van der Waals surface area contributed by atoms with Crippen LogP contribution in [-0.4, -0.2) is 9.97 Å². The summed E-state index contributed by atoms with van der Waals surface area (Å²) in [5.41, 5.74) is 2.34. The van der Waals surface area contributed by atoms with Crippen molar-refractivity contribution in [3.05, 3.63) is 69.4 Å². The van der Waals surface area contributed by atoms with Gasteiger partial charge in [0.05, 0.1) is 10.3 Å². The molecule has 0 amide bonds. The Kier molecular flexibility index (Phi) is 2.79. The SMILES string of the molecule is Clc1ccc(C(c2ccc[nH]2)c2ccc[nH]2)s1. The first-order valence-corrected chi connectivity index (χ1v) is 6.56. The first kappa shape index (κ1) is 10.7. The van der Waals surface area contributed by atoms with E-state index in [1.165, 1.54) is 16.3 Å². The normalized spacial score (nSPS) is 11.2. The summed E-state index contributed by atoms with van der Waals surface area (Å²) in [5, 5.41) is 0. The molecule has 0 aliphatic carbocycles. The standard InChI is InChI=1S/C13H11ClN2S/c14-12-6-5-11(17-12)13(9-3-1-7-15-9)10-4-2-8-16-10/h1-8,13,15-16H. The average Bonchev–Trinajstić information content (AvgIpc) is 3.02. The zero-order valence-corrected chi connectivity index (χ0v) is 10.6. The largest absolute Gasteiger partial charge is 0.364 e. The molecule has 2 N–H and O–H groups in total. The summed E-state index contributed by atoms with van der Waals surface area (Å²) < 4.78 is 0.822. The molecular weight excluding hydrogens is 252 g/mol. The van der Waals surface area contributed by atoms with Gasteiger partial charge in [-0.25, -0.2) is 0 Å². The minimum Gasteiger partial charge on any atom is -0.364 e. The minimum absolute atomic E-state index is 0.206. The second-order valence-corrected chi connectivity index (χ2v) is 5.57. The van der Waals surface area contributed by atoms with Crippen molar-refractivity contribution in [2.75, 3.05) is 0 Å². The minimum atomic E-state index is 0.206. The summed E-state index contributed by atoms with van der Waals surface area (Å²) in [7, 11) is 0. The van der Waals surface area contributed by atoms with Crippen LogP contribution in [0.1, 0.15) is 22.2 Å². The Morgan fingerprint density at radius 3 is 2.00 bits per heavy atom. The van der Waals surface area contributed by atoms with E-state index in [4.69, 9.17) is 11.6 Å². The fourth-order valence-electron chi connectivity index (χ4n) is 2.01. The van der Waals surface area contributed by atoms with Crippen LogP contribution in [0.15, 0.2) is 48.8 Å². The quantitative estimate of drug-likeness (QED) is 0.708. The van der Waals surface area contributed by atoms with Gasteiger partial charge in [-0.05, 0) is 36.4 Å². The van der Waals surface area contributed by atoms with Crippen molar-refractivity contribution in [1.29, 1.82) is 0 Å². The molecule has 0 bridgehead atoms. The molecule has 0 aliphatic rings. The maximum absolute atomic E-state index is 6.03. The van der Waals surface area contributed by atoms with E-state index in [9.17, 15) is 0 Å². The van der Waals surface area contributed by atoms with Crippen LogP contribution in [0.2, 0.25) is 4.34 Å². The zero-order valence-electron chi connectivity index (χ0n) is 8.98. The monoisotopic (exact) mass is 262 g/mol. The van der Waals surface area contributed by atoms with Gasteiger partial charge in [-0.15, -0.1) is 11.3 Å². The van der Waals surface area contributed by atoms with Gasteiger partial charge in [0, 0.05) is 28.7 Å². The number of aromatic nitrogens is 2. The molecule has 0 radical (unpaired) electrons. The molecule has 3 heterocycles. The van der Waals surface area contributed by atoms with Crippen molar-refractivity contribution < 1.29 is 0 Å². The van der Waals surface area contributed by atoms with Gasteiger partial charge in [-0.1, -0.05) is 11.6 Å². The molecule has 0 spiro atoms. The summed E-state index contributed by atoms with van der Waals surface area (Å²) in [5.74, 6) is 0.206. The summed E-state index contributed by atoms with van der Waals surface area (Å²) in [6.07, 6.45) is 3.89. The molecule has 0 saturated heterocycles. The van der Waals surface area contributed by atoms with E-state index < -0.39 is 0 Å². The first-order chi connectivity index (χ1) is 8.34. The maximum atomic E-state index is 6.03. The number of hydrogen-bond acceptors (Lipinski definition) is 1. The van der Waals surface area contributed by atoms with E-state index in [-0.39, 0.29) is 5.92 Å². The van der Waals surface area contributed by atoms with Crippen LogP contribution < -0.4 is 0 Å². The van der Waals surface area contributed by atoms with Crippen LogP contribution in [0.25, 0.3) is 0 Å². The molecule has 3 aromatic rings. The van der Waals surface area contributed by atoms with E-state index >= 15 is 0 Å². The fourth-order valence-corrected chi connectivity index (χ4v) is 3.20. The Bertz CT molecular complexity index is 547. The lowest BCUT2D eigenvalue weighted by atomic mass is 10.00. The Labute approximate surface area is 108 Å². The molecule has 3 rings (SSSR count). The second kappa shape index (κ2) is 4.43. The smallest absolute Gasteiger partial charge is 0.0931 e. The molecular formula is C13H11ClN2S. The Morgan fingerprint density at radius 2 is 1.59 bits per heavy atom. The van der Waals surface area contributed by atoms with Gasteiger partial charge in [0.2, 0.25) is 0 Å². The topological polar surface area (TPSA) is 31.6 Å². The molecule has 2 nitrogen and oxygen atoms in total. The maximum Gasteiger partial charge on any atom is 0.0931 e. The Hall–Kier alpha value is -1.45. The number of halogens is 1. The van der Waals surface area contributed by atoms with Crippen molar-refractivity contribution in [3.8, 4) is 0 Å². The molecule has 3 aromatic heterocycles. The van der Waals surface area contributed by atoms with Gasteiger partial charge in [0.15, 0.2) is 0 Å². The van der Waals surface area contributed by atoms with E-state index in [2.05, 4.69) is 28.2 Å². The van der Waals surface area contributed by atoms with Gasteiger partial charge in [0.1, 0.15) is 0 Å². The lowest BCUT2D eigenvalue weighted by Crippen LogP contribution is -2.01.